The first-order chi connectivity index (χ1) is 7.70. The third kappa shape index (κ3) is 2.04. The smallest absolute Gasteiger partial charge is 0.269 e. The third-order valence-electron chi connectivity index (χ3n) is 2.20. The Morgan fingerprint density at radius 3 is 3.06 bits per heavy atom. The van der Waals surface area contributed by atoms with E-state index in [1.807, 2.05) is 0 Å². The number of fused-ring (bicyclic) bond motifs is 1. The second-order valence-electron chi connectivity index (χ2n) is 3.35. The molecular weight excluding hydrogens is 211 g/mol. The lowest BCUT2D eigenvalue weighted by atomic mass is 10.2. The predicted octanol–water partition coefficient (Wildman–Crippen LogP) is 1.64. The van der Waals surface area contributed by atoms with Gasteiger partial charge in [0.25, 0.3) is 5.91 Å². The fourth-order valence-electron chi connectivity index (χ4n) is 1.46. The molecule has 4 nitrogen and oxygen atoms in total. The Balaban J connectivity index is 2.28. The second-order valence-corrected chi connectivity index (χ2v) is 3.35. The van der Waals surface area contributed by atoms with Crippen molar-refractivity contribution in [3.05, 3.63) is 35.8 Å². The van der Waals surface area contributed by atoms with Gasteiger partial charge < -0.3 is 15.0 Å². The number of benzene rings is 1. The van der Waals surface area contributed by atoms with Crippen LogP contribution in [0, 0.1) is 5.82 Å². The number of methoxy groups -OCH3 is 1. The zero-order valence-corrected chi connectivity index (χ0v) is 8.71. The molecule has 1 aromatic carbocycles. The van der Waals surface area contributed by atoms with Crippen molar-refractivity contribution in [2.24, 2.45) is 0 Å². The minimum absolute atomic E-state index is 0.141. The average molecular weight is 222 g/mol. The lowest BCUT2D eigenvalue weighted by Crippen LogP contribution is -2.25. The van der Waals surface area contributed by atoms with E-state index >= 15 is 0 Å². The van der Waals surface area contributed by atoms with E-state index in [9.17, 15) is 9.18 Å². The summed E-state index contributed by atoms with van der Waals surface area (Å²) in [6.45, 7) is 0.141. The van der Waals surface area contributed by atoms with Crippen molar-refractivity contribution in [2.75, 3.05) is 13.8 Å². The molecule has 0 saturated heterocycles. The van der Waals surface area contributed by atoms with Gasteiger partial charge in [0, 0.05) is 18.0 Å². The molecule has 2 aromatic rings. The number of hydrogen-bond donors (Lipinski definition) is 2. The van der Waals surface area contributed by atoms with E-state index in [2.05, 4.69) is 10.3 Å². The molecule has 1 heterocycles. The van der Waals surface area contributed by atoms with Crippen LogP contribution < -0.4 is 5.32 Å². The number of H-pyrrole nitrogens is 1. The first-order valence-corrected chi connectivity index (χ1v) is 4.76. The number of aromatic amines is 1. The van der Waals surface area contributed by atoms with Crippen LogP contribution in [-0.2, 0) is 4.74 Å². The number of halogens is 1. The fraction of sp³-hybridized carbons (Fsp3) is 0.182. The molecular formula is C11H11FN2O2. The molecule has 1 aromatic heterocycles. The van der Waals surface area contributed by atoms with Gasteiger partial charge in [-0.3, -0.25) is 4.79 Å². The second kappa shape index (κ2) is 4.32. The van der Waals surface area contributed by atoms with E-state index < -0.39 is 0 Å². The summed E-state index contributed by atoms with van der Waals surface area (Å²) in [7, 11) is 1.49. The van der Waals surface area contributed by atoms with Crippen LogP contribution in [-0.4, -0.2) is 24.7 Å². The molecule has 84 valence electrons. The molecule has 0 aliphatic rings. The lowest BCUT2D eigenvalue weighted by molar-refractivity contribution is 0.0868. The van der Waals surface area contributed by atoms with Gasteiger partial charge in [0.1, 0.15) is 18.2 Å². The Morgan fingerprint density at radius 2 is 2.31 bits per heavy atom. The molecule has 0 atom stereocenters. The Bertz CT molecular complexity index is 522. The molecule has 2 N–H and O–H groups in total. The SMILES string of the molecule is COCNC(=O)c1cc2cc(F)ccc2[nH]1. The van der Waals surface area contributed by atoms with E-state index in [-0.39, 0.29) is 18.5 Å². The molecule has 5 heteroatoms. The highest BCUT2D eigenvalue weighted by Crippen LogP contribution is 2.16. The van der Waals surface area contributed by atoms with Gasteiger partial charge in [-0.05, 0) is 24.3 Å². The first kappa shape index (κ1) is 10.6. The van der Waals surface area contributed by atoms with Gasteiger partial charge in [0.2, 0.25) is 0 Å². The standard InChI is InChI=1S/C11H11FN2O2/c1-16-6-13-11(15)10-5-7-4-8(12)2-3-9(7)14-10/h2-5,14H,6H2,1H3,(H,13,15). The van der Waals surface area contributed by atoms with E-state index in [0.717, 1.165) is 5.52 Å². The van der Waals surface area contributed by atoms with Crippen LogP contribution in [0.1, 0.15) is 10.5 Å². The van der Waals surface area contributed by atoms with Crippen LogP contribution in [0.3, 0.4) is 0 Å². The summed E-state index contributed by atoms with van der Waals surface area (Å²) in [5.74, 6) is -0.603. The fourth-order valence-corrected chi connectivity index (χ4v) is 1.46. The van der Waals surface area contributed by atoms with Gasteiger partial charge in [-0.1, -0.05) is 0 Å². The highest BCUT2D eigenvalue weighted by atomic mass is 19.1. The number of carbonyl (C=O) groups excluding carboxylic acids is 1. The molecule has 16 heavy (non-hydrogen) atoms. The van der Waals surface area contributed by atoms with Gasteiger partial charge in [-0.15, -0.1) is 0 Å². The van der Waals surface area contributed by atoms with E-state index in [1.54, 1.807) is 12.1 Å². The van der Waals surface area contributed by atoms with Crippen LogP contribution >= 0.6 is 0 Å². The average Bonchev–Trinajstić information content (AvgIpc) is 2.68. The van der Waals surface area contributed by atoms with Gasteiger partial charge in [0.15, 0.2) is 0 Å². The van der Waals surface area contributed by atoms with Crippen LogP contribution in [0.25, 0.3) is 10.9 Å². The Hall–Kier alpha value is -1.88. The van der Waals surface area contributed by atoms with E-state index in [1.165, 1.54) is 19.2 Å². The van der Waals surface area contributed by atoms with Crippen LogP contribution in [0.4, 0.5) is 4.39 Å². The minimum atomic E-state index is -0.324. The maximum Gasteiger partial charge on any atom is 0.269 e. The molecule has 0 radical (unpaired) electrons. The quantitative estimate of drug-likeness (QED) is 0.776. The molecule has 2 rings (SSSR count). The van der Waals surface area contributed by atoms with Crippen LogP contribution in [0.2, 0.25) is 0 Å². The highest BCUT2D eigenvalue weighted by molar-refractivity contribution is 5.97. The molecule has 0 fully saturated rings. The van der Waals surface area contributed by atoms with Crippen molar-refractivity contribution in [1.82, 2.24) is 10.3 Å². The number of aromatic nitrogens is 1. The van der Waals surface area contributed by atoms with Gasteiger partial charge in [-0.2, -0.15) is 0 Å². The summed E-state index contributed by atoms with van der Waals surface area (Å²) in [4.78, 5) is 14.4. The number of amides is 1. The van der Waals surface area contributed by atoms with Crippen molar-refractivity contribution < 1.29 is 13.9 Å². The highest BCUT2D eigenvalue weighted by Gasteiger charge is 2.08. The Kier molecular flexibility index (Phi) is 2.87. The summed E-state index contributed by atoms with van der Waals surface area (Å²) >= 11 is 0. The third-order valence-corrected chi connectivity index (χ3v) is 2.20. The molecule has 0 unspecified atom stereocenters. The van der Waals surface area contributed by atoms with Gasteiger partial charge >= 0.3 is 0 Å². The number of ether oxygens (including phenoxy) is 1. The van der Waals surface area contributed by atoms with Crippen molar-refractivity contribution in [3.8, 4) is 0 Å². The number of carbonyl (C=O) groups is 1. The Morgan fingerprint density at radius 1 is 1.50 bits per heavy atom. The van der Waals surface area contributed by atoms with Crippen molar-refractivity contribution in [1.29, 1.82) is 0 Å². The largest absolute Gasteiger partial charge is 0.364 e. The van der Waals surface area contributed by atoms with Gasteiger partial charge in [-0.25, -0.2) is 4.39 Å². The number of hydrogen-bond acceptors (Lipinski definition) is 2. The molecule has 1 amide bonds. The monoisotopic (exact) mass is 222 g/mol. The summed E-state index contributed by atoms with van der Waals surface area (Å²) < 4.78 is 17.6. The maximum absolute atomic E-state index is 12.9. The Labute approximate surface area is 91.4 Å². The van der Waals surface area contributed by atoms with Gasteiger partial charge in [0.05, 0.1) is 0 Å². The molecule has 0 aliphatic heterocycles. The van der Waals surface area contributed by atoms with Crippen LogP contribution in [0.5, 0.6) is 0 Å². The van der Waals surface area contributed by atoms with Crippen molar-refractivity contribution in [2.45, 2.75) is 0 Å². The zero-order chi connectivity index (χ0) is 11.5. The zero-order valence-electron chi connectivity index (χ0n) is 8.71. The lowest BCUT2D eigenvalue weighted by Gasteiger charge is -2.00. The van der Waals surface area contributed by atoms with Crippen molar-refractivity contribution in [3.63, 3.8) is 0 Å². The topological polar surface area (TPSA) is 54.1 Å². The van der Waals surface area contributed by atoms with E-state index in [4.69, 9.17) is 4.74 Å². The molecule has 0 bridgehead atoms. The predicted molar refractivity (Wildman–Crippen MR) is 57.6 cm³/mol. The summed E-state index contributed by atoms with van der Waals surface area (Å²) in [6, 6.07) is 5.91. The molecule has 0 aliphatic carbocycles. The summed E-state index contributed by atoms with van der Waals surface area (Å²) in [5.41, 5.74) is 1.11. The van der Waals surface area contributed by atoms with Crippen molar-refractivity contribution >= 4 is 16.8 Å². The normalized spacial score (nSPS) is 10.6. The molecule has 0 spiro atoms. The van der Waals surface area contributed by atoms with Crippen LogP contribution in [0.15, 0.2) is 24.3 Å². The first-order valence-electron chi connectivity index (χ1n) is 4.76. The summed E-state index contributed by atoms with van der Waals surface area (Å²) in [5, 5.41) is 3.21. The minimum Gasteiger partial charge on any atom is -0.364 e. The molecule has 0 saturated carbocycles. The number of nitrogens with one attached hydrogen (secondary N) is 2. The number of rotatable bonds is 3. The van der Waals surface area contributed by atoms with E-state index in [0.29, 0.717) is 11.1 Å². The summed E-state index contributed by atoms with van der Waals surface area (Å²) in [6.07, 6.45) is 0. The maximum atomic E-state index is 12.9.